The molecular formula is C22H35N7+2. The number of aromatic nitrogens is 2. The number of rotatable bonds is 8. The highest BCUT2D eigenvalue weighted by Gasteiger charge is 2.38. The van der Waals surface area contributed by atoms with Gasteiger partial charge in [0.25, 0.3) is 0 Å². The molecule has 4 heterocycles. The molecule has 7 heteroatoms. The maximum Gasteiger partial charge on any atom is 0.421 e. The highest BCUT2D eigenvalue weighted by molar-refractivity contribution is 5.52. The molecule has 0 saturated carbocycles. The largest absolute Gasteiger partial charge is 0.421 e. The molecule has 0 unspecified atom stereocenters. The lowest BCUT2D eigenvalue weighted by Crippen LogP contribution is -2.68. The van der Waals surface area contributed by atoms with Crippen LogP contribution in [0, 0.1) is 0 Å². The van der Waals surface area contributed by atoms with E-state index >= 15 is 0 Å². The maximum absolute atomic E-state index is 4.42. The number of nitrogens with zero attached hydrogens (tertiary/aromatic N) is 7. The van der Waals surface area contributed by atoms with E-state index in [2.05, 4.69) is 51.2 Å². The van der Waals surface area contributed by atoms with E-state index in [1.165, 1.54) is 62.4 Å². The van der Waals surface area contributed by atoms with Gasteiger partial charge in [0.1, 0.15) is 5.69 Å². The predicted octanol–water partition coefficient (Wildman–Crippen LogP) is 2.63. The van der Waals surface area contributed by atoms with Gasteiger partial charge in [-0.1, -0.05) is 12.0 Å². The molecule has 0 atom stereocenters. The average Bonchev–Trinajstić information content (AvgIpc) is 3.09. The van der Waals surface area contributed by atoms with E-state index in [0.29, 0.717) is 0 Å². The Balaban J connectivity index is 1.41. The van der Waals surface area contributed by atoms with Gasteiger partial charge in [-0.05, 0) is 30.7 Å². The summed E-state index contributed by atoms with van der Waals surface area (Å²) >= 11 is 0. The van der Waals surface area contributed by atoms with E-state index in [1.807, 2.05) is 35.6 Å². The molecule has 156 valence electrons. The second-order valence-electron chi connectivity index (χ2n) is 8.60. The first kappa shape index (κ1) is 20.0. The SMILES string of the molecule is CCCN(CC[N+]12CCN(CC1)CC2)c1ccc(/N=N/c2n(C)cc[n+]2C)cc1. The minimum Gasteiger partial charge on any atom is -0.366 e. The van der Waals surface area contributed by atoms with Crippen LogP contribution in [0.1, 0.15) is 13.3 Å². The summed E-state index contributed by atoms with van der Waals surface area (Å²) in [4.78, 5) is 5.17. The van der Waals surface area contributed by atoms with Crippen LogP contribution < -0.4 is 9.47 Å². The minimum absolute atomic E-state index is 0.831. The first-order valence-electron chi connectivity index (χ1n) is 10.9. The molecule has 2 aromatic rings. The average molecular weight is 398 g/mol. The molecule has 3 aliphatic rings. The van der Waals surface area contributed by atoms with Gasteiger partial charge in [-0.15, -0.1) is 0 Å². The summed E-state index contributed by atoms with van der Waals surface area (Å²) < 4.78 is 5.25. The van der Waals surface area contributed by atoms with Crippen LogP contribution in [0.25, 0.3) is 0 Å². The van der Waals surface area contributed by atoms with Crippen LogP contribution in [0.15, 0.2) is 46.9 Å². The van der Waals surface area contributed by atoms with Gasteiger partial charge in [-0.2, -0.15) is 0 Å². The van der Waals surface area contributed by atoms with Gasteiger partial charge in [-0.25, -0.2) is 9.13 Å². The zero-order chi connectivity index (χ0) is 20.3. The van der Waals surface area contributed by atoms with Crippen LogP contribution in [-0.4, -0.2) is 72.9 Å². The fourth-order valence-corrected chi connectivity index (χ4v) is 4.60. The predicted molar refractivity (Wildman–Crippen MR) is 116 cm³/mol. The molecule has 1 aromatic carbocycles. The minimum atomic E-state index is 0.831. The molecule has 3 saturated heterocycles. The Bertz CT molecular complexity index is 798. The van der Waals surface area contributed by atoms with Gasteiger partial charge in [0.05, 0.1) is 59.2 Å². The van der Waals surface area contributed by atoms with Crippen molar-refractivity contribution in [1.29, 1.82) is 0 Å². The Morgan fingerprint density at radius 2 is 1.72 bits per heavy atom. The monoisotopic (exact) mass is 397 g/mol. The molecule has 7 nitrogen and oxygen atoms in total. The number of imidazole rings is 1. The summed E-state index contributed by atoms with van der Waals surface area (Å²) in [5, 5.41) is 8.82. The number of piperazine rings is 3. The number of hydrogen-bond donors (Lipinski definition) is 0. The molecule has 29 heavy (non-hydrogen) atoms. The molecule has 0 N–H and O–H groups in total. The van der Waals surface area contributed by atoms with Crippen LogP contribution in [0.3, 0.4) is 0 Å². The van der Waals surface area contributed by atoms with Crippen molar-refractivity contribution in [1.82, 2.24) is 9.47 Å². The van der Waals surface area contributed by atoms with Crippen LogP contribution >= 0.6 is 0 Å². The lowest BCUT2D eigenvalue weighted by Gasteiger charge is -2.51. The molecule has 2 bridgehead atoms. The number of quaternary nitrogens is 1. The highest BCUT2D eigenvalue weighted by Crippen LogP contribution is 2.24. The normalized spacial score (nSPS) is 23.8. The Morgan fingerprint density at radius 1 is 1.03 bits per heavy atom. The Hall–Kier alpha value is -2.25. The summed E-state index contributed by atoms with van der Waals surface area (Å²) in [6, 6.07) is 8.56. The van der Waals surface area contributed by atoms with Gasteiger partial charge in [0.2, 0.25) is 0 Å². The quantitative estimate of drug-likeness (QED) is 0.390. The molecular weight excluding hydrogens is 362 g/mol. The van der Waals surface area contributed by atoms with E-state index in [4.69, 9.17) is 0 Å². The maximum atomic E-state index is 4.42. The van der Waals surface area contributed by atoms with Crippen LogP contribution in [0.2, 0.25) is 0 Å². The Labute approximate surface area is 174 Å². The van der Waals surface area contributed by atoms with Crippen LogP contribution in [-0.2, 0) is 14.1 Å². The smallest absolute Gasteiger partial charge is 0.366 e. The zero-order valence-corrected chi connectivity index (χ0v) is 18.2. The highest BCUT2D eigenvalue weighted by atomic mass is 15.5. The lowest BCUT2D eigenvalue weighted by molar-refractivity contribution is -0.939. The third kappa shape index (κ3) is 4.51. The Morgan fingerprint density at radius 3 is 2.31 bits per heavy atom. The van der Waals surface area contributed by atoms with Crippen LogP contribution in [0.4, 0.5) is 17.3 Å². The number of azo groups is 1. The molecule has 3 fully saturated rings. The fraction of sp³-hybridized carbons (Fsp3) is 0.591. The van der Waals surface area contributed by atoms with Crippen molar-refractivity contribution in [2.75, 3.05) is 63.8 Å². The number of fused-ring (bicyclic) bond motifs is 3. The first-order chi connectivity index (χ1) is 14.1. The standard InChI is InChI=1S/C22H35N7/c1-4-9-28(15-19-29-16-12-27(13-17-29)14-18-29)21-7-5-20(6-8-21)23-24-22-25(2)10-11-26(22)3/h5-8,10-11H,4,9,12-19H2,1-3H3/q+2. The molecule has 5 rings (SSSR count). The molecule has 1 aromatic heterocycles. The number of aryl methyl sites for hydroxylation is 2. The van der Waals surface area contributed by atoms with Crippen molar-refractivity contribution in [2.24, 2.45) is 24.3 Å². The van der Waals surface area contributed by atoms with Crippen molar-refractivity contribution >= 4 is 17.3 Å². The van der Waals surface area contributed by atoms with Crippen LogP contribution in [0.5, 0.6) is 0 Å². The van der Waals surface area contributed by atoms with E-state index in [1.54, 1.807) is 0 Å². The number of hydrogen-bond acceptors (Lipinski definition) is 4. The van der Waals surface area contributed by atoms with Crippen molar-refractivity contribution < 1.29 is 9.05 Å². The van der Waals surface area contributed by atoms with Gasteiger partial charge in [0.15, 0.2) is 0 Å². The first-order valence-corrected chi connectivity index (χ1v) is 10.9. The van der Waals surface area contributed by atoms with E-state index in [0.717, 1.165) is 24.7 Å². The van der Waals surface area contributed by atoms with E-state index < -0.39 is 0 Å². The van der Waals surface area contributed by atoms with Crippen molar-refractivity contribution in [3.05, 3.63) is 36.7 Å². The number of anilines is 1. The van der Waals surface area contributed by atoms with E-state index in [-0.39, 0.29) is 0 Å². The molecule has 0 spiro atoms. The molecule has 3 aliphatic heterocycles. The molecule has 0 aliphatic carbocycles. The lowest BCUT2D eigenvalue weighted by atomic mass is 10.1. The van der Waals surface area contributed by atoms with Gasteiger partial charge < -0.3 is 9.38 Å². The fourth-order valence-electron chi connectivity index (χ4n) is 4.60. The Kier molecular flexibility index (Phi) is 5.96. The van der Waals surface area contributed by atoms with E-state index in [9.17, 15) is 0 Å². The summed E-state index contributed by atoms with van der Waals surface area (Å²) in [6.45, 7) is 13.6. The van der Waals surface area contributed by atoms with Gasteiger partial charge in [0, 0.05) is 37.0 Å². The molecule has 0 radical (unpaired) electrons. The summed E-state index contributed by atoms with van der Waals surface area (Å²) in [6.07, 6.45) is 5.13. The zero-order valence-electron chi connectivity index (χ0n) is 18.2. The summed E-state index contributed by atoms with van der Waals surface area (Å²) in [7, 11) is 3.96. The van der Waals surface area contributed by atoms with Crippen molar-refractivity contribution in [3.63, 3.8) is 0 Å². The van der Waals surface area contributed by atoms with Gasteiger partial charge >= 0.3 is 5.95 Å². The van der Waals surface area contributed by atoms with Gasteiger partial charge in [-0.3, -0.25) is 4.90 Å². The number of benzene rings is 1. The second kappa shape index (κ2) is 8.63. The topological polar surface area (TPSA) is 40.0 Å². The third-order valence-corrected chi connectivity index (χ3v) is 6.62. The molecule has 0 amide bonds. The van der Waals surface area contributed by atoms with Crippen molar-refractivity contribution in [2.45, 2.75) is 13.3 Å². The second-order valence-corrected chi connectivity index (χ2v) is 8.60. The summed E-state index contributed by atoms with van der Waals surface area (Å²) in [5.41, 5.74) is 2.18. The van der Waals surface area contributed by atoms with Crippen molar-refractivity contribution in [3.8, 4) is 0 Å². The summed E-state index contributed by atoms with van der Waals surface area (Å²) in [5.74, 6) is 0.831. The third-order valence-electron chi connectivity index (χ3n) is 6.62.